The normalized spacial score (nSPS) is 14.5. The van der Waals surface area contributed by atoms with Gasteiger partial charge in [0.15, 0.2) is 0 Å². The van der Waals surface area contributed by atoms with Gasteiger partial charge in [-0.2, -0.15) is 0 Å². The molecule has 1 aliphatic carbocycles. The number of fused-ring (bicyclic) bond motifs is 1. The van der Waals surface area contributed by atoms with Crippen molar-refractivity contribution in [1.29, 1.82) is 0 Å². The fraction of sp³-hybridized carbons (Fsp3) is 0.211. The summed E-state index contributed by atoms with van der Waals surface area (Å²) in [6, 6.07) is 13.2. The van der Waals surface area contributed by atoms with Crippen LogP contribution < -0.4 is 0 Å². The highest BCUT2D eigenvalue weighted by Crippen LogP contribution is 2.26. The zero-order valence-electron chi connectivity index (χ0n) is 12.2. The lowest BCUT2D eigenvalue weighted by atomic mass is 9.89. The third-order valence-electron chi connectivity index (χ3n) is 4.07. The smallest absolute Gasteiger partial charge is 0.336 e. The van der Waals surface area contributed by atoms with E-state index in [4.69, 9.17) is 11.6 Å². The van der Waals surface area contributed by atoms with Crippen LogP contribution in [0.1, 0.15) is 35.1 Å². The second-order valence-corrected chi connectivity index (χ2v) is 6.04. The number of carbonyl (C=O) groups is 1. The molecular formula is C19H17ClO2. The highest BCUT2D eigenvalue weighted by atomic mass is 35.5. The molecule has 3 heteroatoms. The highest BCUT2D eigenvalue weighted by Gasteiger charge is 2.15. The molecule has 0 aromatic heterocycles. The first-order valence-electron chi connectivity index (χ1n) is 7.46. The van der Waals surface area contributed by atoms with Crippen molar-refractivity contribution in [2.75, 3.05) is 0 Å². The number of aliphatic carboxylic acids is 1. The predicted octanol–water partition coefficient (Wildman–Crippen LogP) is 4.84. The second-order valence-electron chi connectivity index (χ2n) is 5.61. The summed E-state index contributed by atoms with van der Waals surface area (Å²) in [4.78, 5) is 11.6. The quantitative estimate of drug-likeness (QED) is 0.650. The molecule has 0 unspecified atom stereocenters. The minimum absolute atomic E-state index is 0.315. The van der Waals surface area contributed by atoms with Gasteiger partial charge in [-0.1, -0.05) is 41.9 Å². The van der Waals surface area contributed by atoms with Crippen molar-refractivity contribution >= 4 is 29.2 Å². The third kappa shape index (κ3) is 3.23. The molecule has 0 radical (unpaired) electrons. The number of carboxylic acids is 1. The topological polar surface area (TPSA) is 37.3 Å². The van der Waals surface area contributed by atoms with E-state index in [1.165, 1.54) is 24.0 Å². The Bertz CT molecular complexity index is 730. The molecule has 0 heterocycles. The van der Waals surface area contributed by atoms with E-state index in [1.54, 1.807) is 18.2 Å². The summed E-state index contributed by atoms with van der Waals surface area (Å²) in [6.45, 7) is 0. The maximum absolute atomic E-state index is 11.6. The third-order valence-corrected chi connectivity index (χ3v) is 4.32. The molecule has 2 aromatic carbocycles. The van der Waals surface area contributed by atoms with Crippen LogP contribution in [0.4, 0.5) is 0 Å². The summed E-state index contributed by atoms with van der Waals surface area (Å²) in [5.74, 6) is -0.911. The van der Waals surface area contributed by atoms with Crippen LogP contribution in [0.25, 0.3) is 11.6 Å². The standard InChI is InChI=1S/C19H17ClO2/c20-17-9-5-13(6-10-17)11-18(19(21)22)16-8-7-14-3-1-2-4-15(14)12-16/h5-12H,1-4H2,(H,21,22)/b18-11-. The summed E-state index contributed by atoms with van der Waals surface area (Å²) in [5, 5.41) is 10.2. The number of halogens is 1. The summed E-state index contributed by atoms with van der Waals surface area (Å²) in [7, 11) is 0. The molecular weight excluding hydrogens is 296 g/mol. The van der Waals surface area contributed by atoms with Gasteiger partial charge >= 0.3 is 5.97 Å². The van der Waals surface area contributed by atoms with Crippen LogP contribution in [0.3, 0.4) is 0 Å². The Balaban J connectivity index is 2.01. The summed E-state index contributed by atoms with van der Waals surface area (Å²) in [5.41, 5.74) is 4.55. The summed E-state index contributed by atoms with van der Waals surface area (Å²) < 4.78 is 0. The number of hydrogen-bond acceptors (Lipinski definition) is 1. The minimum Gasteiger partial charge on any atom is -0.478 e. The van der Waals surface area contributed by atoms with Gasteiger partial charge < -0.3 is 5.11 Å². The minimum atomic E-state index is -0.911. The molecule has 0 saturated heterocycles. The molecule has 2 nitrogen and oxygen atoms in total. The fourth-order valence-corrected chi connectivity index (χ4v) is 3.02. The average molecular weight is 313 g/mol. The van der Waals surface area contributed by atoms with Gasteiger partial charge in [0.05, 0.1) is 5.57 Å². The lowest BCUT2D eigenvalue weighted by Gasteiger charge is -2.16. The van der Waals surface area contributed by atoms with E-state index in [0.29, 0.717) is 10.6 Å². The zero-order chi connectivity index (χ0) is 15.5. The van der Waals surface area contributed by atoms with Crippen molar-refractivity contribution < 1.29 is 9.90 Å². The van der Waals surface area contributed by atoms with Gasteiger partial charge in [0, 0.05) is 5.02 Å². The van der Waals surface area contributed by atoms with Crippen molar-refractivity contribution in [2.45, 2.75) is 25.7 Å². The zero-order valence-corrected chi connectivity index (χ0v) is 12.9. The Kier molecular flexibility index (Phi) is 4.30. The van der Waals surface area contributed by atoms with Gasteiger partial charge in [-0.25, -0.2) is 4.79 Å². The maximum Gasteiger partial charge on any atom is 0.336 e. The first kappa shape index (κ1) is 14.9. The maximum atomic E-state index is 11.6. The predicted molar refractivity (Wildman–Crippen MR) is 90.0 cm³/mol. The molecule has 0 fully saturated rings. The number of aryl methyl sites for hydroxylation is 2. The Labute approximate surface area is 135 Å². The van der Waals surface area contributed by atoms with E-state index in [2.05, 4.69) is 6.07 Å². The van der Waals surface area contributed by atoms with Crippen LogP contribution in [0.2, 0.25) is 5.02 Å². The van der Waals surface area contributed by atoms with Gasteiger partial charge in [0.1, 0.15) is 0 Å². The lowest BCUT2D eigenvalue weighted by Crippen LogP contribution is -2.05. The second kappa shape index (κ2) is 6.37. The van der Waals surface area contributed by atoms with Crippen LogP contribution in [0.15, 0.2) is 42.5 Å². The highest BCUT2D eigenvalue weighted by molar-refractivity contribution is 6.30. The first-order chi connectivity index (χ1) is 10.6. The molecule has 0 spiro atoms. The van der Waals surface area contributed by atoms with Gasteiger partial charge in [0.25, 0.3) is 0 Å². The molecule has 0 amide bonds. The van der Waals surface area contributed by atoms with Crippen molar-refractivity contribution in [3.05, 3.63) is 69.7 Å². The molecule has 0 bridgehead atoms. The molecule has 3 rings (SSSR count). The van der Waals surface area contributed by atoms with Gasteiger partial charge in [0.2, 0.25) is 0 Å². The van der Waals surface area contributed by atoms with E-state index in [-0.39, 0.29) is 0 Å². The molecule has 1 aliphatic rings. The molecule has 1 N–H and O–H groups in total. The molecule has 0 saturated carbocycles. The van der Waals surface area contributed by atoms with Gasteiger partial charge in [-0.15, -0.1) is 0 Å². The van der Waals surface area contributed by atoms with Crippen molar-refractivity contribution in [2.24, 2.45) is 0 Å². The molecule has 112 valence electrons. The fourth-order valence-electron chi connectivity index (χ4n) is 2.90. The van der Waals surface area contributed by atoms with Crippen LogP contribution in [0.5, 0.6) is 0 Å². The molecule has 0 aliphatic heterocycles. The van der Waals surface area contributed by atoms with Crippen LogP contribution >= 0.6 is 11.6 Å². The molecule has 2 aromatic rings. The Morgan fingerprint density at radius 3 is 2.36 bits per heavy atom. The summed E-state index contributed by atoms with van der Waals surface area (Å²) >= 11 is 5.87. The molecule has 0 atom stereocenters. The number of hydrogen-bond donors (Lipinski definition) is 1. The number of rotatable bonds is 3. The summed E-state index contributed by atoms with van der Waals surface area (Å²) in [6.07, 6.45) is 6.23. The lowest BCUT2D eigenvalue weighted by molar-refractivity contribution is -0.130. The molecule has 22 heavy (non-hydrogen) atoms. The Hall–Kier alpha value is -2.06. The van der Waals surface area contributed by atoms with E-state index in [0.717, 1.165) is 24.0 Å². The number of carboxylic acid groups (broad SMARTS) is 1. The SMILES string of the molecule is O=C(O)/C(=C\c1ccc(Cl)cc1)c1ccc2c(c1)CCCC2. The Morgan fingerprint density at radius 1 is 1.00 bits per heavy atom. The van der Waals surface area contributed by atoms with Crippen LogP contribution in [-0.2, 0) is 17.6 Å². The van der Waals surface area contributed by atoms with Crippen molar-refractivity contribution in [1.82, 2.24) is 0 Å². The van der Waals surface area contributed by atoms with Gasteiger partial charge in [-0.05, 0) is 66.1 Å². The van der Waals surface area contributed by atoms with E-state index >= 15 is 0 Å². The van der Waals surface area contributed by atoms with Gasteiger partial charge in [-0.3, -0.25) is 0 Å². The van der Waals surface area contributed by atoms with E-state index < -0.39 is 5.97 Å². The van der Waals surface area contributed by atoms with Crippen molar-refractivity contribution in [3.8, 4) is 0 Å². The monoisotopic (exact) mass is 312 g/mol. The largest absolute Gasteiger partial charge is 0.478 e. The van der Waals surface area contributed by atoms with Crippen LogP contribution in [-0.4, -0.2) is 11.1 Å². The average Bonchev–Trinajstić information content (AvgIpc) is 2.53. The van der Waals surface area contributed by atoms with E-state index in [1.807, 2.05) is 24.3 Å². The van der Waals surface area contributed by atoms with E-state index in [9.17, 15) is 9.90 Å². The first-order valence-corrected chi connectivity index (χ1v) is 7.84. The Morgan fingerprint density at radius 2 is 1.68 bits per heavy atom. The van der Waals surface area contributed by atoms with Crippen LogP contribution in [0, 0.1) is 0 Å². The van der Waals surface area contributed by atoms with Crippen molar-refractivity contribution in [3.63, 3.8) is 0 Å². The number of benzene rings is 2.